The van der Waals surface area contributed by atoms with Gasteiger partial charge in [-0.05, 0) is 30.2 Å². The normalized spacial score (nSPS) is 11.1. The lowest BCUT2D eigenvalue weighted by molar-refractivity contribution is -0.124. The molecule has 120 valence electrons. The Kier molecular flexibility index (Phi) is 6.27. The topological polar surface area (TPSA) is 98.7 Å². The number of rotatable bonds is 5. The van der Waals surface area contributed by atoms with Crippen LogP contribution in [0.4, 0.5) is 0 Å². The highest BCUT2D eigenvalue weighted by atomic mass is 16.5. The Morgan fingerprint density at radius 1 is 1.45 bits per heavy atom. The van der Waals surface area contributed by atoms with E-state index in [1.165, 1.54) is 6.08 Å². The van der Waals surface area contributed by atoms with Crippen molar-refractivity contribution < 1.29 is 15.5 Å². The molecular formula is C16H23N3O3. The zero-order chi connectivity index (χ0) is 15.4. The fourth-order valence-corrected chi connectivity index (χ4v) is 2.38. The van der Waals surface area contributed by atoms with Crippen molar-refractivity contribution in [1.29, 1.82) is 0 Å². The van der Waals surface area contributed by atoms with Gasteiger partial charge in [0.25, 0.3) is 5.91 Å². The van der Waals surface area contributed by atoms with Crippen molar-refractivity contribution >= 4 is 23.0 Å². The molecule has 0 fully saturated rings. The van der Waals surface area contributed by atoms with Crippen molar-refractivity contribution in [3.05, 3.63) is 35.7 Å². The number of carbonyl (C=O) groups is 1. The van der Waals surface area contributed by atoms with Gasteiger partial charge in [0.1, 0.15) is 5.82 Å². The number of nitrogens with zero attached hydrogens (tertiary/aromatic N) is 2. The highest BCUT2D eigenvalue weighted by Crippen LogP contribution is 2.23. The van der Waals surface area contributed by atoms with Crippen LogP contribution >= 0.6 is 0 Å². The van der Waals surface area contributed by atoms with Gasteiger partial charge in [-0.15, -0.1) is 0 Å². The van der Waals surface area contributed by atoms with E-state index in [1.54, 1.807) is 11.6 Å². The van der Waals surface area contributed by atoms with Gasteiger partial charge in [-0.3, -0.25) is 10.0 Å². The molecule has 0 radical (unpaired) electrons. The van der Waals surface area contributed by atoms with Crippen LogP contribution < -0.4 is 5.48 Å². The Bertz CT molecular complexity index is 675. The molecule has 1 heterocycles. The number of imidazole rings is 1. The summed E-state index contributed by atoms with van der Waals surface area (Å²) in [5.41, 5.74) is 4.49. The van der Waals surface area contributed by atoms with E-state index in [0.717, 1.165) is 35.4 Å². The highest BCUT2D eigenvalue weighted by Gasteiger charge is 2.13. The smallest absolute Gasteiger partial charge is 0.267 e. The van der Waals surface area contributed by atoms with Crippen LogP contribution in [0.5, 0.6) is 0 Å². The van der Waals surface area contributed by atoms with E-state index in [1.807, 2.05) is 18.2 Å². The lowest BCUT2D eigenvalue weighted by atomic mass is 10.2. The summed E-state index contributed by atoms with van der Waals surface area (Å²) in [5, 5.41) is 8.48. The second-order valence-electron chi connectivity index (χ2n) is 5.33. The van der Waals surface area contributed by atoms with Gasteiger partial charge in [0.15, 0.2) is 0 Å². The maximum Gasteiger partial charge on any atom is 0.267 e. The van der Waals surface area contributed by atoms with Gasteiger partial charge in [0.05, 0.1) is 11.0 Å². The van der Waals surface area contributed by atoms with Gasteiger partial charge >= 0.3 is 0 Å². The minimum absolute atomic E-state index is 0. The standard InChI is InChI=1S/C16H21N3O2.H2O/c1-4-9-19-14-7-5-12(6-8-15(20)18-21)10-13(14)17-16(19)11(2)3;/h5-8,10-11,21H,4,9H2,1-3H3,(H,18,20);1H2/b8-6+;. The molecule has 1 aromatic heterocycles. The van der Waals surface area contributed by atoms with E-state index in [4.69, 9.17) is 10.2 Å². The number of aryl methyl sites for hydroxylation is 1. The summed E-state index contributed by atoms with van der Waals surface area (Å²) >= 11 is 0. The van der Waals surface area contributed by atoms with E-state index in [0.29, 0.717) is 5.92 Å². The third-order valence-electron chi connectivity index (χ3n) is 3.30. The van der Waals surface area contributed by atoms with Crippen LogP contribution in [-0.2, 0) is 11.3 Å². The molecule has 0 aliphatic heterocycles. The Morgan fingerprint density at radius 2 is 2.18 bits per heavy atom. The molecule has 0 spiro atoms. The van der Waals surface area contributed by atoms with Crippen LogP contribution in [-0.4, -0.2) is 26.1 Å². The fourth-order valence-electron chi connectivity index (χ4n) is 2.38. The van der Waals surface area contributed by atoms with Gasteiger partial charge in [0, 0.05) is 18.5 Å². The molecule has 0 atom stereocenters. The molecule has 2 aromatic rings. The molecule has 0 unspecified atom stereocenters. The SMILES string of the molecule is CCCn1c(C(C)C)nc2cc(/C=C/C(=O)NO)ccc21.O. The number of amides is 1. The third-order valence-corrected chi connectivity index (χ3v) is 3.30. The van der Waals surface area contributed by atoms with Crippen molar-refractivity contribution in [2.75, 3.05) is 0 Å². The molecule has 0 bridgehead atoms. The first kappa shape index (κ1) is 17.9. The highest BCUT2D eigenvalue weighted by molar-refractivity contribution is 5.91. The number of hydroxylamine groups is 1. The number of benzene rings is 1. The molecule has 22 heavy (non-hydrogen) atoms. The van der Waals surface area contributed by atoms with Gasteiger partial charge in [-0.2, -0.15) is 0 Å². The maximum absolute atomic E-state index is 11.0. The molecule has 1 aromatic carbocycles. The van der Waals surface area contributed by atoms with Crippen molar-refractivity contribution in [2.45, 2.75) is 39.7 Å². The Balaban J connectivity index is 0.00000242. The zero-order valence-corrected chi connectivity index (χ0v) is 13.1. The van der Waals surface area contributed by atoms with Crippen molar-refractivity contribution in [1.82, 2.24) is 15.0 Å². The summed E-state index contributed by atoms with van der Waals surface area (Å²) in [6, 6.07) is 5.93. The molecule has 2 rings (SSSR count). The first-order valence-corrected chi connectivity index (χ1v) is 7.19. The zero-order valence-electron chi connectivity index (χ0n) is 13.1. The van der Waals surface area contributed by atoms with Crippen molar-refractivity contribution in [2.24, 2.45) is 0 Å². The van der Waals surface area contributed by atoms with Crippen LogP contribution in [0.25, 0.3) is 17.1 Å². The molecule has 0 aliphatic carbocycles. The van der Waals surface area contributed by atoms with E-state index in [-0.39, 0.29) is 5.48 Å². The maximum atomic E-state index is 11.0. The molecule has 0 saturated carbocycles. The molecule has 4 N–H and O–H groups in total. The Hall–Kier alpha value is -2.18. The summed E-state index contributed by atoms with van der Waals surface area (Å²) in [5.74, 6) is 0.902. The monoisotopic (exact) mass is 305 g/mol. The lowest BCUT2D eigenvalue weighted by Gasteiger charge is -2.09. The fraction of sp³-hybridized carbons (Fsp3) is 0.375. The lowest BCUT2D eigenvalue weighted by Crippen LogP contribution is -2.14. The summed E-state index contributed by atoms with van der Waals surface area (Å²) in [6.07, 6.45) is 4.00. The molecule has 0 saturated heterocycles. The second-order valence-corrected chi connectivity index (χ2v) is 5.33. The summed E-state index contributed by atoms with van der Waals surface area (Å²) in [6.45, 7) is 7.38. The molecule has 0 aliphatic rings. The quantitative estimate of drug-likeness (QED) is 0.503. The van der Waals surface area contributed by atoms with Crippen molar-refractivity contribution in [3.63, 3.8) is 0 Å². The summed E-state index contributed by atoms with van der Waals surface area (Å²) in [4.78, 5) is 15.7. The Labute approximate surface area is 129 Å². The number of carbonyl (C=O) groups excluding carboxylic acids is 1. The number of aromatic nitrogens is 2. The largest absolute Gasteiger partial charge is 0.412 e. The number of hydrogen-bond acceptors (Lipinski definition) is 3. The van der Waals surface area contributed by atoms with Gasteiger partial charge in [-0.1, -0.05) is 26.8 Å². The Morgan fingerprint density at radius 3 is 2.77 bits per heavy atom. The van der Waals surface area contributed by atoms with E-state index in [2.05, 4.69) is 25.3 Å². The number of fused-ring (bicyclic) bond motifs is 1. The van der Waals surface area contributed by atoms with Crippen LogP contribution in [0.15, 0.2) is 24.3 Å². The molecule has 6 nitrogen and oxygen atoms in total. The minimum Gasteiger partial charge on any atom is -0.412 e. The second kappa shape index (κ2) is 7.72. The van der Waals surface area contributed by atoms with Gasteiger partial charge in [0.2, 0.25) is 0 Å². The number of hydrogen-bond donors (Lipinski definition) is 2. The predicted octanol–water partition coefficient (Wildman–Crippen LogP) is 2.26. The van der Waals surface area contributed by atoms with Crippen LogP contribution in [0, 0.1) is 0 Å². The first-order chi connectivity index (χ1) is 10.1. The van der Waals surface area contributed by atoms with E-state index >= 15 is 0 Å². The summed E-state index contributed by atoms with van der Waals surface area (Å²) in [7, 11) is 0. The van der Waals surface area contributed by atoms with E-state index < -0.39 is 5.91 Å². The third kappa shape index (κ3) is 3.72. The van der Waals surface area contributed by atoms with Gasteiger partial charge < -0.3 is 10.0 Å². The minimum atomic E-state index is -0.547. The molecule has 1 amide bonds. The van der Waals surface area contributed by atoms with E-state index in [9.17, 15) is 4.79 Å². The molecule has 6 heteroatoms. The molecular weight excluding hydrogens is 282 g/mol. The van der Waals surface area contributed by atoms with Crippen LogP contribution in [0.1, 0.15) is 44.5 Å². The number of nitrogens with one attached hydrogen (secondary N) is 1. The van der Waals surface area contributed by atoms with Crippen molar-refractivity contribution in [3.8, 4) is 0 Å². The average Bonchev–Trinajstić information content (AvgIpc) is 2.83. The first-order valence-electron chi connectivity index (χ1n) is 7.19. The van der Waals surface area contributed by atoms with Gasteiger partial charge in [-0.25, -0.2) is 10.5 Å². The van der Waals surface area contributed by atoms with Crippen LogP contribution in [0.3, 0.4) is 0 Å². The average molecular weight is 305 g/mol. The van der Waals surface area contributed by atoms with Crippen LogP contribution in [0.2, 0.25) is 0 Å². The predicted molar refractivity (Wildman–Crippen MR) is 86.7 cm³/mol. The summed E-state index contributed by atoms with van der Waals surface area (Å²) < 4.78 is 2.26.